The first-order valence-electron chi connectivity index (χ1n) is 8.46. The third kappa shape index (κ3) is 4.99. The lowest BCUT2D eigenvalue weighted by Gasteiger charge is -2.23. The molecule has 0 aliphatic carbocycles. The molecule has 3 atom stereocenters. The maximum Gasteiger partial charge on any atom is 0.118 e. The van der Waals surface area contributed by atoms with E-state index in [2.05, 4.69) is 19.8 Å². The molecule has 3 nitrogen and oxygen atoms in total. The summed E-state index contributed by atoms with van der Waals surface area (Å²) in [6, 6.07) is 7.99. The lowest BCUT2D eigenvalue weighted by Crippen LogP contribution is -2.25. The molecule has 0 amide bonds. The van der Waals surface area contributed by atoms with Gasteiger partial charge >= 0.3 is 0 Å². The Hall–Kier alpha value is -1.50. The minimum absolute atomic E-state index is 0.0847. The molecule has 1 saturated heterocycles. The maximum absolute atomic E-state index is 6.29. The summed E-state index contributed by atoms with van der Waals surface area (Å²) in [6.45, 7) is 4.97. The molecule has 1 aliphatic heterocycles. The molecule has 1 heterocycles. The second-order valence-corrected chi connectivity index (χ2v) is 6.50. The highest BCUT2D eigenvalue weighted by molar-refractivity contribution is 5.26. The maximum atomic E-state index is 6.29. The average molecular weight is 316 g/mol. The molecule has 1 aromatic carbocycles. The molecule has 23 heavy (non-hydrogen) atoms. The van der Waals surface area contributed by atoms with E-state index in [1.54, 1.807) is 7.11 Å². The van der Waals surface area contributed by atoms with Crippen LogP contribution in [0.25, 0.3) is 0 Å². The van der Waals surface area contributed by atoms with Gasteiger partial charge in [-0.25, -0.2) is 0 Å². The first-order chi connectivity index (χ1) is 11.1. The molecular weight excluding hydrogens is 288 g/mol. The van der Waals surface area contributed by atoms with Crippen LogP contribution in [0.15, 0.2) is 24.3 Å². The van der Waals surface area contributed by atoms with Gasteiger partial charge in [0.15, 0.2) is 0 Å². The van der Waals surface area contributed by atoms with Gasteiger partial charge in [-0.2, -0.15) is 0 Å². The lowest BCUT2D eigenvalue weighted by molar-refractivity contribution is -0.0626. The van der Waals surface area contributed by atoms with E-state index in [0.717, 1.165) is 43.4 Å². The zero-order valence-corrected chi connectivity index (χ0v) is 14.5. The topological polar surface area (TPSA) is 27.7 Å². The molecular formula is C20H28O3. The van der Waals surface area contributed by atoms with Gasteiger partial charge in [-0.1, -0.05) is 25.5 Å². The molecule has 0 spiro atoms. The Morgan fingerprint density at radius 2 is 2.09 bits per heavy atom. The van der Waals surface area contributed by atoms with Crippen LogP contribution in [-0.2, 0) is 16.1 Å². The van der Waals surface area contributed by atoms with Gasteiger partial charge in [-0.3, -0.25) is 0 Å². The summed E-state index contributed by atoms with van der Waals surface area (Å²) in [6.07, 6.45) is 10.3. The highest BCUT2D eigenvalue weighted by Gasteiger charge is 2.42. The van der Waals surface area contributed by atoms with Gasteiger partial charge in [0, 0.05) is 12.8 Å². The van der Waals surface area contributed by atoms with Crippen LogP contribution in [0.2, 0.25) is 0 Å². The summed E-state index contributed by atoms with van der Waals surface area (Å²) in [5.74, 6) is 3.57. The Morgan fingerprint density at radius 1 is 1.35 bits per heavy atom. The third-order valence-electron chi connectivity index (χ3n) is 4.46. The number of hydrogen-bond acceptors (Lipinski definition) is 3. The van der Waals surface area contributed by atoms with Crippen molar-refractivity contribution in [3.05, 3.63) is 29.8 Å². The molecule has 1 aliphatic rings. The smallest absolute Gasteiger partial charge is 0.118 e. The number of rotatable bonds is 8. The SMILES string of the molecule is C#CCC[C@@H]1O[C@](C)(CCC)C[C@H]1OCc1ccc(OC)cc1. The quantitative estimate of drug-likeness (QED) is 0.668. The van der Waals surface area contributed by atoms with Gasteiger partial charge in [-0.05, 0) is 37.5 Å². The fourth-order valence-corrected chi connectivity index (χ4v) is 3.30. The highest BCUT2D eigenvalue weighted by Crippen LogP contribution is 2.37. The van der Waals surface area contributed by atoms with Crippen molar-refractivity contribution in [2.75, 3.05) is 7.11 Å². The standard InChI is InChI=1S/C20H28O3/c1-5-7-8-18-19(14-20(3,23-18)13-6-2)22-15-16-9-11-17(21-4)12-10-16/h1,9-12,18-19H,6-8,13-15H2,2-4H3/t18-,19+,20+/m0/s1. The van der Waals surface area contributed by atoms with E-state index in [1.807, 2.05) is 24.3 Å². The largest absolute Gasteiger partial charge is 0.497 e. The van der Waals surface area contributed by atoms with Crippen molar-refractivity contribution < 1.29 is 14.2 Å². The molecule has 0 radical (unpaired) electrons. The fourth-order valence-electron chi connectivity index (χ4n) is 3.30. The van der Waals surface area contributed by atoms with Crippen LogP contribution in [0.4, 0.5) is 0 Å². The second-order valence-electron chi connectivity index (χ2n) is 6.50. The molecule has 3 heteroatoms. The van der Waals surface area contributed by atoms with E-state index in [-0.39, 0.29) is 17.8 Å². The summed E-state index contributed by atoms with van der Waals surface area (Å²) in [5, 5.41) is 0. The Bertz CT molecular complexity index is 517. The van der Waals surface area contributed by atoms with Crippen LogP contribution in [-0.4, -0.2) is 24.9 Å². The Labute approximate surface area is 140 Å². The predicted octanol–water partition coefficient (Wildman–Crippen LogP) is 4.34. The summed E-state index contributed by atoms with van der Waals surface area (Å²) in [7, 11) is 1.67. The minimum atomic E-state index is -0.0847. The number of terminal acetylenes is 1. The van der Waals surface area contributed by atoms with Crippen molar-refractivity contribution in [3.8, 4) is 18.1 Å². The van der Waals surface area contributed by atoms with Gasteiger partial charge in [-0.15, -0.1) is 12.3 Å². The third-order valence-corrected chi connectivity index (χ3v) is 4.46. The van der Waals surface area contributed by atoms with Crippen LogP contribution in [0.5, 0.6) is 5.75 Å². The number of benzene rings is 1. The van der Waals surface area contributed by atoms with Crippen molar-refractivity contribution in [1.82, 2.24) is 0 Å². The Balaban J connectivity index is 1.95. The van der Waals surface area contributed by atoms with E-state index < -0.39 is 0 Å². The number of ether oxygens (including phenoxy) is 3. The van der Waals surface area contributed by atoms with Gasteiger partial charge in [0.05, 0.1) is 31.5 Å². The van der Waals surface area contributed by atoms with Crippen LogP contribution in [0, 0.1) is 12.3 Å². The molecule has 0 bridgehead atoms. The molecule has 126 valence electrons. The van der Waals surface area contributed by atoms with Crippen LogP contribution in [0.1, 0.15) is 51.5 Å². The zero-order valence-electron chi connectivity index (χ0n) is 14.5. The van der Waals surface area contributed by atoms with Crippen molar-refractivity contribution in [2.24, 2.45) is 0 Å². The zero-order chi connectivity index (χ0) is 16.7. The first kappa shape index (κ1) is 17.8. The van der Waals surface area contributed by atoms with E-state index in [1.165, 1.54) is 0 Å². The fraction of sp³-hybridized carbons (Fsp3) is 0.600. The molecule has 2 rings (SSSR count). The average Bonchev–Trinajstić information content (AvgIpc) is 2.87. The number of hydrogen-bond donors (Lipinski definition) is 0. The Kier molecular flexibility index (Phi) is 6.50. The van der Waals surface area contributed by atoms with Crippen molar-refractivity contribution in [3.63, 3.8) is 0 Å². The normalized spacial score (nSPS) is 26.9. The van der Waals surface area contributed by atoms with Crippen LogP contribution >= 0.6 is 0 Å². The second kappa shape index (κ2) is 8.38. The summed E-state index contributed by atoms with van der Waals surface area (Å²) < 4.78 is 17.7. The van der Waals surface area contributed by atoms with Gasteiger partial charge in [0.25, 0.3) is 0 Å². The van der Waals surface area contributed by atoms with Gasteiger partial charge in [0.2, 0.25) is 0 Å². The predicted molar refractivity (Wildman–Crippen MR) is 92.4 cm³/mol. The van der Waals surface area contributed by atoms with Crippen LogP contribution < -0.4 is 4.74 Å². The van der Waals surface area contributed by atoms with E-state index in [9.17, 15) is 0 Å². The number of methoxy groups -OCH3 is 1. The highest BCUT2D eigenvalue weighted by atomic mass is 16.6. The van der Waals surface area contributed by atoms with E-state index >= 15 is 0 Å². The summed E-state index contributed by atoms with van der Waals surface area (Å²) in [5.41, 5.74) is 1.06. The molecule has 0 aromatic heterocycles. The van der Waals surface area contributed by atoms with Gasteiger partial charge in [0.1, 0.15) is 5.75 Å². The molecule has 1 fully saturated rings. The van der Waals surface area contributed by atoms with Crippen molar-refractivity contribution >= 4 is 0 Å². The van der Waals surface area contributed by atoms with E-state index in [4.69, 9.17) is 20.6 Å². The molecule has 0 N–H and O–H groups in total. The Morgan fingerprint density at radius 3 is 2.70 bits per heavy atom. The van der Waals surface area contributed by atoms with Gasteiger partial charge < -0.3 is 14.2 Å². The first-order valence-corrected chi connectivity index (χ1v) is 8.46. The summed E-state index contributed by atoms with van der Waals surface area (Å²) >= 11 is 0. The van der Waals surface area contributed by atoms with Crippen LogP contribution in [0.3, 0.4) is 0 Å². The van der Waals surface area contributed by atoms with E-state index in [0.29, 0.717) is 6.61 Å². The lowest BCUT2D eigenvalue weighted by atomic mass is 9.95. The minimum Gasteiger partial charge on any atom is -0.497 e. The summed E-state index contributed by atoms with van der Waals surface area (Å²) in [4.78, 5) is 0. The van der Waals surface area contributed by atoms with Crippen molar-refractivity contribution in [1.29, 1.82) is 0 Å². The monoisotopic (exact) mass is 316 g/mol. The molecule has 0 saturated carbocycles. The van der Waals surface area contributed by atoms with Crippen molar-refractivity contribution in [2.45, 2.75) is 70.4 Å². The molecule has 1 aromatic rings. The molecule has 0 unspecified atom stereocenters.